The van der Waals surface area contributed by atoms with Gasteiger partial charge in [0.05, 0.1) is 12.8 Å². The third-order valence-corrected chi connectivity index (χ3v) is 4.41. The smallest absolute Gasteiger partial charge is 0.420 e. The quantitative estimate of drug-likeness (QED) is 0.584. The zero-order chi connectivity index (χ0) is 22.0. The Morgan fingerprint density at radius 2 is 1.97 bits per heavy atom. The van der Waals surface area contributed by atoms with Crippen molar-refractivity contribution in [3.05, 3.63) is 17.7 Å². The molecule has 1 heterocycles. The largest absolute Gasteiger partial charge is 0.476 e. The molecule has 2 amide bonds. The van der Waals surface area contributed by atoms with Gasteiger partial charge in [-0.25, -0.2) is 4.79 Å². The maximum atomic E-state index is 13.5. The number of carbonyl (C=O) groups excluding carboxylic acids is 3. The third-order valence-electron chi connectivity index (χ3n) is 4.41. The van der Waals surface area contributed by atoms with Gasteiger partial charge in [0.1, 0.15) is 17.1 Å². The van der Waals surface area contributed by atoms with Crippen LogP contribution in [0.5, 0.6) is 11.5 Å². The second-order valence-corrected chi connectivity index (χ2v) is 6.47. The van der Waals surface area contributed by atoms with Crippen LogP contribution in [-0.4, -0.2) is 43.8 Å². The molecule has 0 radical (unpaired) electrons. The van der Waals surface area contributed by atoms with E-state index in [1.165, 1.54) is 18.9 Å². The zero-order valence-electron chi connectivity index (χ0n) is 16.3. The fraction of sp³-hybridized carbons (Fsp3) is 0.500. The number of methoxy groups -OCH3 is 1. The molecular weight excluding hydrogens is 397 g/mol. The number of rotatable bonds is 5. The molecule has 1 aromatic rings. The molecule has 0 fully saturated rings. The number of hydrogen-bond donors (Lipinski definition) is 1. The van der Waals surface area contributed by atoms with Crippen molar-refractivity contribution < 1.29 is 41.8 Å². The van der Waals surface area contributed by atoms with E-state index in [2.05, 4.69) is 10.1 Å². The summed E-state index contributed by atoms with van der Waals surface area (Å²) in [5.74, 6) is -2.38. The first-order valence-corrected chi connectivity index (χ1v) is 8.69. The fourth-order valence-electron chi connectivity index (χ4n) is 2.77. The first-order chi connectivity index (χ1) is 13.4. The van der Waals surface area contributed by atoms with Gasteiger partial charge in [0.25, 0.3) is 5.91 Å². The molecule has 0 aromatic heterocycles. The Kier molecular flexibility index (Phi) is 6.29. The second kappa shape index (κ2) is 8.18. The number of benzene rings is 1. The van der Waals surface area contributed by atoms with Gasteiger partial charge in [0.2, 0.25) is 0 Å². The van der Waals surface area contributed by atoms with Crippen LogP contribution in [0.2, 0.25) is 0 Å². The number of carbonyl (C=O) groups is 3. The van der Waals surface area contributed by atoms with Gasteiger partial charge in [-0.1, -0.05) is 6.92 Å². The van der Waals surface area contributed by atoms with Crippen LogP contribution in [0, 0.1) is 0 Å². The molecule has 1 aliphatic rings. The molecule has 11 heteroatoms. The van der Waals surface area contributed by atoms with Gasteiger partial charge in [-0.15, -0.1) is 0 Å². The van der Waals surface area contributed by atoms with E-state index < -0.39 is 41.1 Å². The Balaban J connectivity index is 2.55. The molecule has 0 aliphatic carbocycles. The van der Waals surface area contributed by atoms with Crippen LogP contribution in [0.4, 0.5) is 23.7 Å². The minimum atomic E-state index is -4.81. The average molecular weight is 418 g/mol. The minimum Gasteiger partial charge on any atom is -0.476 e. The Labute approximate surface area is 164 Å². The van der Waals surface area contributed by atoms with Crippen molar-refractivity contribution in [1.29, 1.82) is 0 Å². The summed E-state index contributed by atoms with van der Waals surface area (Å²) in [4.78, 5) is 36.6. The minimum absolute atomic E-state index is 0.00293. The summed E-state index contributed by atoms with van der Waals surface area (Å²) in [5.41, 5.74) is -2.60. The first-order valence-electron chi connectivity index (χ1n) is 8.69. The molecule has 1 N–H and O–H groups in total. The normalized spacial score (nSPS) is 18.6. The Hall–Kier alpha value is -2.98. The van der Waals surface area contributed by atoms with Crippen LogP contribution >= 0.6 is 0 Å². The number of nitrogens with zero attached hydrogens (tertiary/aromatic N) is 1. The van der Waals surface area contributed by atoms with Crippen molar-refractivity contribution in [3.8, 4) is 11.5 Å². The number of alkyl carbamates (subject to hydrolysis) is 1. The molecular formula is C18H21F3N2O6. The summed E-state index contributed by atoms with van der Waals surface area (Å²) >= 11 is 0. The SMILES string of the molecule is CCC1(C)Oc2cc(C(F)(F)F)c(OC(C)=O)cc2N(CCNC(=O)OC)C1=O. The van der Waals surface area contributed by atoms with Gasteiger partial charge in [-0.05, 0) is 19.4 Å². The lowest BCUT2D eigenvalue weighted by atomic mass is 9.97. The molecule has 2 rings (SSSR count). The molecule has 0 saturated heterocycles. The monoisotopic (exact) mass is 418 g/mol. The first kappa shape index (κ1) is 22.3. The number of hydrogen-bond acceptors (Lipinski definition) is 6. The van der Waals surface area contributed by atoms with Crippen LogP contribution in [0.1, 0.15) is 32.8 Å². The van der Waals surface area contributed by atoms with Gasteiger partial charge in [-0.3, -0.25) is 9.59 Å². The van der Waals surface area contributed by atoms with Crippen molar-refractivity contribution in [3.63, 3.8) is 0 Å². The van der Waals surface area contributed by atoms with Crippen molar-refractivity contribution in [2.24, 2.45) is 0 Å². The number of nitrogens with one attached hydrogen (secondary N) is 1. The summed E-state index contributed by atoms with van der Waals surface area (Å²) in [7, 11) is 1.17. The number of esters is 1. The lowest BCUT2D eigenvalue weighted by Crippen LogP contribution is -2.55. The zero-order valence-corrected chi connectivity index (χ0v) is 16.3. The van der Waals surface area contributed by atoms with Crippen molar-refractivity contribution in [2.45, 2.75) is 39.0 Å². The van der Waals surface area contributed by atoms with Crippen LogP contribution in [0.15, 0.2) is 12.1 Å². The maximum Gasteiger partial charge on any atom is 0.420 e. The molecule has 1 atom stereocenters. The summed E-state index contributed by atoms with van der Waals surface area (Å²) in [6.45, 7) is 4.00. The van der Waals surface area contributed by atoms with E-state index in [1.807, 2.05) is 0 Å². The molecule has 1 aromatic carbocycles. The Morgan fingerprint density at radius 3 is 2.48 bits per heavy atom. The highest BCUT2D eigenvalue weighted by molar-refractivity contribution is 6.03. The summed E-state index contributed by atoms with van der Waals surface area (Å²) < 4.78 is 55.2. The van der Waals surface area contributed by atoms with Crippen molar-refractivity contribution in [1.82, 2.24) is 5.32 Å². The summed E-state index contributed by atoms with van der Waals surface area (Å²) in [6, 6.07) is 1.64. The van der Waals surface area contributed by atoms with E-state index in [0.717, 1.165) is 13.0 Å². The lowest BCUT2D eigenvalue weighted by Gasteiger charge is -2.40. The molecule has 29 heavy (non-hydrogen) atoms. The standard InChI is InChI=1S/C18H21F3N2O6/c1-5-17(3)15(25)23(7-6-22-16(26)27-4)12-9-13(28-10(2)24)11(18(19,20)21)8-14(12)29-17/h8-9H,5-7H2,1-4H3,(H,22,26). The second-order valence-electron chi connectivity index (χ2n) is 6.47. The topological polar surface area (TPSA) is 94.2 Å². The summed E-state index contributed by atoms with van der Waals surface area (Å²) in [6.07, 6.45) is -5.35. The van der Waals surface area contributed by atoms with Crippen LogP contribution < -0.4 is 19.7 Å². The highest BCUT2D eigenvalue weighted by Gasteiger charge is 2.45. The highest BCUT2D eigenvalue weighted by Crippen LogP contribution is 2.47. The summed E-state index contributed by atoms with van der Waals surface area (Å²) in [5, 5.41) is 2.40. The fourth-order valence-corrected chi connectivity index (χ4v) is 2.77. The van der Waals surface area contributed by atoms with Gasteiger partial charge < -0.3 is 24.4 Å². The number of alkyl halides is 3. The number of ether oxygens (including phenoxy) is 3. The lowest BCUT2D eigenvalue weighted by molar-refractivity contribution is -0.141. The van der Waals surface area contributed by atoms with Crippen molar-refractivity contribution >= 4 is 23.7 Å². The van der Waals surface area contributed by atoms with E-state index in [-0.39, 0.29) is 30.9 Å². The van der Waals surface area contributed by atoms with Gasteiger partial charge in [0.15, 0.2) is 5.60 Å². The molecule has 0 bridgehead atoms. The van der Waals surface area contributed by atoms with E-state index in [1.54, 1.807) is 6.92 Å². The highest BCUT2D eigenvalue weighted by atomic mass is 19.4. The van der Waals surface area contributed by atoms with Gasteiger partial charge in [0, 0.05) is 26.1 Å². The maximum absolute atomic E-state index is 13.5. The number of fused-ring (bicyclic) bond motifs is 1. The average Bonchev–Trinajstić information content (AvgIpc) is 2.63. The van der Waals surface area contributed by atoms with Crippen LogP contribution in [-0.2, 0) is 20.5 Å². The predicted molar refractivity (Wildman–Crippen MR) is 94.8 cm³/mol. The van der Waals surface area contributed by atoms with Crippen LogP contribution in [0.25, 0.3) is 0 Å². The van der Waals surface area contributed by atoms with Gasteiger partial charge in [-0.2, -0.15) is 13.2 Å². The van der Waals surface area contributed by atoms with E-state index in [0.29, 0.717) is 6.07 Å². The Morgan fingerprint density at radius 1 is 1.31 bits per heavy atom. The molecule has 8 nitrogen and oxygen atoms in total. The number of halogens is 3. The molecule has 1 unspecified atom stereocenters. The van der Waals surface area contributed by atoms with E-state index in [4.69, 9.17) is 9.47 Å². The van der Waals surface area contributed by atoms with Gasteiger partial charge >= 0.3 is 18.2 Å². The van der Waals surface area contributed by atoms with E-state index in [9.17, 15) is 27.6 Å². The Bertz CT molecular complexity index is 827. The molecule has 0 spiro atoms. The van der Waals surface area contributed by atoms with E-state index >= 15 is 0 Å². The predicted octanol–water partition coefficient (Wildman–Crippen LogP) is 2.88. The third kappa shape index (κ3) is 4.72. The molecule has 0 saturated carbocycles. The van der Waals surface area contributed by atoms with Crippen molar-refractivity contribution in [2.75, 3.05) is 25.1 Å². The number of amides is 2. The molecule has 1 aliphatic heterocycles. The van der Waals surface area contributed by atoms with Crippen LogP contribution in [0.3, 0.4) is 0 Å². The number of anilines is 1. The molecule has 160 valence electrons.